The number of fused-ring (bicyclic) bond motifs is 4. The molecule has 220 valence electrons. The molecule has 11 atom stereocenters. The zero-order chi connectivity index (χ0) is 28.7. The Labute approximate surface area is 235 Å². The Morgan fingerprint density at radius 1 is 1.05 bits per heavy atom. The summed E-state index contributed by atoms with van der Waals surface area (Å²) in [6, 6.07) is -1.59. The van der Waals surface area contributed by atoms with Crippen molar-refractivity contribution in [3.05, 3.63) is 11.1 Å². The van der Waals surface area contributed by atoms with Crippen LogP contribution in [0, 0.1) is 29.1 Å². The standard InChI is InChI=1S/C30H42N2O8/c1-12(2)19(31)23(33)32-20(13(3)4)25(35)37-26-28(14(5)6)21(39-28)22-30(40-22)27(7)9-8-15-16(11-36-24(15)34)17(27)10-18-29(26,30)38-18/h12-14,17-22,26H,8-11,31H2,1-7H3,(H,32,33)/t17-,18-,19-,20+,21-,22-,26+,27-,28-,29+,30+/m0/s1. The first-order valence-corrected chi connectivity index (χ1v) is 15.0. The van der Waals surface area contributed by atoms with Crippen molar-refractivity contribution in [2.24, 2.45) is 34.8 Å². The summed E-state index contributed by atoms with van der Waals surface area (Å²) in [6.07, 6.45) is 0.861. The maximum absolute atomic E-state index is 13.9. The largest absolute Gasteiger partial charge is 0.458 e. The number of hydrogen-bond donors (Lipinski definition) is 2. The van der Waals surface area contributed by atoms with Crippen LogP contribution in [0.4, 0.5) is 0 Å². The maximum Gasteiger partial charge on any atom is 0.334 e. The minimum absolute atomic E-state index is 0.0465. The summed E-state index contributed by atoms with van der Waals surface area (Å²) in [5.74, 6) is -1.23. The summed E-state index contributed by atoms with van der Waals surface area (Å²) >= 11 is 0. The molecule has 2 saturated carbocycles. The molecular formula is C30H42N2O8. The van der Waals surface area contributed by atoms with E-state index in [1.807, 2.05) is 27.7 Å². The van der Waals surface area contributed by atoms with Crippen LogP contribution in [-0.2, 0) is 38.1 Å². The van der Waals surface area contributed by atoms with Crippen LogP contribution in [-0.4, -0.2) is 77.8 Å². The number of cyclic esters (lactones) is 1. The van der Waals surface area contributed by atoms with Gasteiger partial charge in [-0.3, -0.25) is 4.79 Å². The number of carbonyl (C=O) groups is 3. The van der Waals surface area contributed by atoms with Crippen LogP contribution in [0.5, 0.6) is 0 Å². The highest BCUT2D eigenvalue weighted by Crippen LogP contribution is 2.83. The molecule has 7 aliphatic rings. The normalized spacial score (nSPS) is 46.8. The fourth-order valence-electron chi connectivity index (χ4n) is 9.08. The molecule has 4 heterocycles. The predicted molar refractivity (Wildman–Crippen MR) is 141 cm³/mol. The van der Waals surface area contributed by atoms with Gasteiger partial charge in [0.25, 0.3) is 0 Å². The van der Waals surface area contributed by atoms with Gasteiger partial charge in [0.15, 0.2) is 11.7 Å². The van der Waals surface area contributed by atoms with Gasteiger partial charge in [0.2, 0.25) is 5.91 Å². The fraction of sp³-hybridized carbons (Fsp3) is 0.833. The van der Waals surface area contributed by atoms with E-state index in [1.54, 1.807) is 0 Å². The minimum atomic E-state index is -0.864. The van der Waals surface area contributed by atoms with E-state index >= 15 is 0 Å². The van der Waals surface area contributed by atoms with Crippen LogP contribution in [0.15, 0.2) is 11.1 Å². The quantitative estimate of drug-likeness (QED) is 0.353. The number of rotatable bonds is 7. The Morgan fingerprint density at radius 3 is 2.42 bits per heavy atom. The first kappa shape index (κ1) is 26.9. The van der Waals surface area contributed by atoms with Crippen molar-refractivity contribution in [3.8, 4) is 0 Å². The molecule has 0 unspecified atom stereocenters. The van der Waals surface area contributed by atoms with E-state index < -0.39 is 41.0 Å². The number of hydrogen-bond acceptors (Lipinski definition) is 9. The smallest absolute Gasteiger partial charge is 0.334 e. The Hall–Kier alpha value is -2.01. The van der Waals surface area contributed by atoms with E-state index in [2.05, 4.69) is 26.1 Å². The van der Waals surface area contributed by atoms with Gasteiger partial charge in [-0.2, -0.15) is 0 Å². The molecule has 1 amide bonds. The molecule has 2 spiro atoms. The van der Waals surface area contributed by atoms with Crippen LogP contribution < -0.4 is 11.1 Å². The molecule has 0 aromatic carbocycles. The zero-order valence-electron chi connectivity index (χ0n) is 24.4. The highest BCUT2D eigenvalue weighted by molar-refractivity contribution is 5.92. The summed E-state index contributed by atoms with van der Waals surface area (Å²) in [6.45, 7) is 14.2. The molecule has 3 N–H and O–H groups in total. The second-order valence-corrected chi connectivity index (χ2v) is 14.3. The number of amides is 1. The Kier molecular flexibility index (Phi) is 5.43. The second-order valence-electron chi connectivity index (χ2n) is 14.3. The lowest BCUT2D eigenvalue weighted by Crippen LogP contribution is -2.70. The van der Waals surface area contributed by atoms with Crippen molar-refractivity contribution in [1.29, 1.82) is 0 Å². The van der Waals surface area contributed by atoms with Crippen molar-refractivity contribution < 1.29 is 38.1 Å². The van der Waals surface area contributed by atoms with Gasteiger partial charge in [0.05, 0.1) is 12.1 Å². The molecule has 40 heavy (non-hydrogen) atoms. The van der Waals surface area contributed by atoms with Crippen LogP contribution in [0.1, 0.15) is 67.7 Å². The van der Waals surface area contributed by atoms with E-state index in [4.69, 9.17) is 29.4 Å². The average molecular weight is 559 g/mol. The average Bonchev–Trinajstić information content (AvgIpc) is 3.80. The van der Waals surface area contributed by atoms with Gasteiger partial charge in [-0.05, 0) is 48.5 Å². The molecule has 0 bridgehead atoms. The number of nitrogens with two attached hydrogens (primary N) is 1. The molecule has 5 fully saturated rings. The summed E-state index contributed by atoms with van der Waals surface area (Å²) in [4.78, 5) is 39.2. The minimum Gasteiger partial charge on any atom is -0.458 e. The summed E-state index contributed by atoms with van der Waals surface area (Å²) in [5.41, 5.74) is 5.43. The summed E-state index contributed by atoms with van der Waals surface area (Å²) in [7, 11) is 0. The fourth-order valence-corrected chi connectivity index (χ4v) is 9.08. The Morgan fingerprint density at radius 2 is 1.77 bits per heavy atom. The Bertz CT molecular complexity index is 1230. The first-order valence-electron chi connectivity index (χ1n) is 15.0. The maximum atomic E-state index is 13.9. The summed E-state index contributed by atoms with van der Waals surface area (Å²) < 4.78 is 31.9. The van der Waals surface area contributed by atoms with Crippen molar-refractivity contribution in [1.82, 2.24) is 5.32 Å². The molecule has 10 heteroatoms. The number of esters is 2. The van der Waals surface area contributed by atoms with Crippen molar-refractivity contribution in [2.75, 3.05) is 6.61 Å². The highest BCUT2D eigenvalue weighted by Gasteiger charge is 3.01. The monoisotopic (exact) mass is 558 g/mol. The number of carbonyl (C=O) groups excluding carboxylic acids is 3. The topological polar surface area (TPSA) is 145 Å². The van der Waals surface area contributed by atoms with E-state index in [0.29, 0.717) is 19.4 Å². The molecule has 4 aliphatic heterocycles. The molecule has 0 aromatic rings. The third-order valence-electron chi connectivity index (χ3n) is 11.5. The molecule has 3 saturated heterocycles. The van der Waals surface area contributed by atoms with E-state index in [0.717, 1.165) is 17.6 Å². The number of nitrogens with one attached hydrogen (secondary N) is 1. The lowest BCUT2D eigenvalue weighted by Gasteiger charge is -2.53. The van der Waals surface area contributed by atoms with Crippen LogP contribution in [0.25, 0.3) is 0 Å². The predicted octanol–water partition coefficient (Wildman–Crippen LogP) is 1.78. The molecule has 7 rings (SSSR count). The van der Waals surface area contributed by atoms with Crippen LogP contribution >= 0.6 is 0 Å². The van der Waals surface area contributed by atoms with Crippen molar-refractivity contribution in [2.45, 2.75) is 121 Å². The lowest BCUT2D eigenvalue weighted by molar-refractivity contribution is -0.173. The SMILES string of the molecule is CC(C)[C@H](N)C(=O)N[C@@H](C(=O)O[C@@H]1[C@@]2(C(C)C)O[C@H]2[C@@H]2O[C@]23[C@]12O[C@H]2C[C@H]1C2=C(CC[C@@]13C)C(=O)OC2)C(C)C. The molecular weight excluding hydrogens is 516 g/mol. The van der Waals surface area contributed by atoms with E-state index in [-0.39, 0.29) is 59.3 Å². The molecule has 10 nitrogen and oxygen atoms in total. The highest BCUT2D eigenvalue weighted by atomic mass is 16.8. The summed E-state index contributed by atoms with van der Waals surface area (Å²) in [5, 5.41) is 2.85. The third kappa shape index (κ3) is 2.96. The second kappa shape index (κ2) is 8.08. The van der Waals surface area contributed by atoms with E-state index in [1.165, 1.54) is 0 Å². The molecule has 0 radical (unpaired) electrons. The molecule has 0 aromatic heterocycles. The van der Waals surface area contributed by atoms with Crippen molar-refractivity contribution >= 4 is 17.8 Å². The van der Waals surface area contributed by atoms with Crippen LogP contribution in [0.2, 0.25) is 0 Å². The van der Waals surface area contributed by atoms with Gasteiger partial charge in [-0.1, -0.05) is 48.5 Å². The van der Waals surface area contributed by atoms with Crippen molar-refractivity contribution in [3.63, 3.8) is 0 Å². The van der Waals surface area contributed by atoms with Gasteiger partial charge in [0.1, 0.15) is 36.1 Å². The Balaban J connectivity index is 1.24. The number of ether oxygens (including phenoxy) is 5. The van der Waals surface area contributed by atoms with Crippen LogP contribution in [0.3, 0.4) is 0 Å². The number of epoxide rings is 3. The van der Waals surface area contributed by atoms with Gasteiger partial charge in [-0.15, -0.1) is 0 Å². The lowest BCUT2D eigenvalue weighted by atomic mass is 9.46. The first-order chi connectivity index (χ1) is 18.8. The van der Waals surface area contributed by atoms with Gasteiger partial charge in [-0.25, -0.2) is 9.59 Å². The van der Waals surface area contributed by atoms with E-state index in [9.17, 15) is 14.4 Å². The zero-order valence-corrected chi connectivity index (χ0v) is 24.4. The van der Waals surface area contributed by atoms with Gasteiger partial charge < -0.3 is 34.7 Å². The third-order valence-corrected chi connectivity index (χ3v) is 11.5. The molecule has 3 aliphatic carbocycles. The van der Waals surface area contributed by atoms with Gasteiger partial charge >= 0.3 is 11.9 Å². The van der Waals surface area contributed by atoms with Gasteiger partial charge in [0, 0.05) is 11.0 Å².